The van der Waals surface area contributed by atoms with E-state index in [4.69, 9.17) is 23.2 Å². The van der Waals surface area contributed by atoms with Gasteiger partial charge in [0.25, 0.3) is 10.0 Å². The van der Waals surface area contributed by atoms with E-state index in [0.29, 0.717) is 5.02 Å². The van der Waals surface area contributed by atoms with E-state index in [9.17, 15) is 8.42 Å². The van der Waals surface area contributed by atoms with E-state index in [1.807, 2.05) is 19.1 Å². The number of piperidine rings is 1. The molecule has 26 heavy (non-hydrogen) atoms. The van der Waals surface area contributed by atoms with Crippen LogP contribution in [0.15, 0.2) is 41.3 Å². The number of quaternary nitrogens is 1. The Labute approximate surface area is 164 Å². The van der Waals surface area contributed by atoms with Gasteiger partial charge in [-0.05, 0) is 36.8 Å². The first-order valence-corrected chi connectivity index (χ1v) is 10.9. The fourth-order valence-corrected chi connectivity index (χ4v) is 6.73. The number of likely N-dealkylation sites (tertiary alicyclic amines) is 1. The second kappa shape index (κ2) is 6.41. The second-order valence-electron chi connectivity index (χ2n) is 7.31. The van der Waals surface area contributed by atoms with Crippen LogP contribution < -0.4 is 9.21 Å². The van der Waals surface area contributed by atoms with Crippen molar-refractivity contribution >= 4 is 38.9 Å². The Morgan fingerprint density at radius 2 is 1.92 bits per heavy atom. The summed E-state index contributed by atoms with van der Waals surface area (Å²) in [5, 5.41) is 0.561. The molecular formula is C19H21Cl2N2O2S+. The fraction of sp³-hybridized carbons (Fsp3) is 0.368. The van der Waals surface area contributed by atoms with Gasteiger partial charge in [0.1, 0.15) is 4.90 Å². The summed E-state index contributed by atoms with van der Waals surface area (Å²) in [7, 11) is -1.63. The molecule has 0 radical (unpaired) electrons. The van der Waals surface area contributed by atoms with Gasteiger partial charge in [-0.3, -0.25) is 4.31 Å². The zero-order valence-electron chi connectivity index (χ0n) is 14.7. The summed E-state index contributed by atoms with van der Waals surface area (Å²) in [6, 6.07) is 10.5. The molecule has 2 aromatic rings. The van der Waals surface area contributed by atoms with E-state index in [2.05, 4.69) is 13.1 Å². The molecule has 0 amide bonds. The van der Waals surface area contributed by atoms with Crippen molar-refractivity contribution in [1.29, 1.82) is 0 Å². The van der Waals surface area contributed by atoms with Crippen molar-refractivity contribution < 1.29 is 13.3 Å². The van der Waals surface area contributed by atoms with Crippen LogP contribution in [-0.4, -0.2) is 34.6 Å². The number of fused-ring (bicyclic) bond motifs is 3. The predicted octanol–water partition coefficient (Wildman–Crippen LogP) is 2.88. The molecule has 0 aromatic heterocycles. The van der Waals surface area contributed by atoms with Gasteiger partial charge in [0.15, 0.2) is 0 Å². The Balaban J connectivity index is 1.89. The normalized spacial score (nSPS) is 25.1. The minimum absolute atomic E-state index is 0.0736. The maximum atomic E-state index is 13.6. The molecule has 0 saturated carbocycles. The average Bonchev–Trinajstić information content (AvgIpc) is 2.90. The highest BCUT2D eigenvalue weighted by Gasteiger charge is 2.48. The van der Waals surface area contributed by atoms with E-state index in [1.165, 1.54) is 11.0 Å². The lowest BCUT2D eigenvalue weighted by Crippen LogP contribution is -3.11. The van der Waals surface area contributed by atoms with Gasteiger partial charge in [0.05, 0.1) is 42.8 Å². The minimum atomic E-state index is -3.80. The molecule has 2 aliphatic rings. The van der Waals surface area contributed by atoms with Crippen molar-refractivity contribution in [1.82, 2.24) is 0 Å². The van der Waals surface area contributed by atoms with Crippen molar-refractivity contribution in [3.63, 3.8) is 0 Å². The van der Waals surface area contributed by atoms with Gasteiger partial charge in [-0.2, -0.15) is 0 Å². The van der Waals surface area contributed by atoms with Gasteiger partial charge in [-0.25, -0.2) is 8.42 Å². The molecular weight excluding hydrogens is 391 g/mol. The van der Waals surface area contributed by atoms with Gasteiger partial charge in [-0.15, -0.1) is 0 Å². The number of sulfonamides is 1. The molecule has 7 heteroatoms. The van der Waals surface area contributed by atoms with E-state index in [-0.39, 0.29) is 21.9 Å². The standard InChI is InChI=1S/C19H20Cl2N2O2S/c1-12-3-6-17-14(9-12)15-11-22(2)8-7-18(15)23(17)26(24,25)19-10-13(20)4-5-16(19)21/h3-6,9-10,15,18H,7-8,11H2,1-2H3/p+1/t15-,18+/m1/s1. The molecule has 2 aliphatic heterocycles. The molecule has 1 N–H and O–H groups in total. The lowest BCUT2D eigenvalue weighted by Gasteiger charge is -2.34. The number of aryl methyl sites for hydroxylation is 1. The van der Waals surface area contributed by atoms with Crippen molar-refractivity contribution in [2.45, 2.75) is 30.2 Å². The van der Waals surface area contributed by atoms with Gasteiger partial charge in [-0.1, -0.05) is 40.9 Å². The third-order valence-corrected chi connectivity index (χ3v) is 8.01. The van der Waals surface area contributed by atoms with E-state index >= 15 is 0 Å². The molecule has 0 spiro atoms. The molecule has 1 fully saturated rings. The highest BCUT2D eigenvalue weighted by molar-refractivity contribution is 7.93. The Morgan fingerprint density at radius 3 is 2.69 bits per heavy atom. The van der Waals surface area contributed by atoms with E-state index in [0.717, 1.165) is 36.3 Å². The number of halogens is 2. The van der Waals surface area contributed by atoms with Gasteiger partial charge in [0, 0.05) is 11.4 Å². The molecule has 2 aromatic carbocycles. The fourth-order valence-electron chi connectivity index (χ4n) is 4.25. The van der Waals surface area contributed by atoms with Crippen LogP contribution in [0.25, 0.3) is 0 Å². The van der Waals surface area contributed by atoms with Crippen LogP contribution >= 0.6 is 23.2 Å². The Hall–Kier alpha value is -1.27. The third kappa shape index (κ3) is 2.82. The highest BCUT2D eigenvalue weighted by Crippen LogP contribution is 2.46. The maximum absolute atomic E-state index is 13.6. The maximum Gasteiger partial charge on any atom is 0.266 e. The number of nitrogens with zero attached hydrogens (tertiary/aromatic N) is 1. The van der Waals surface area contributed by atoms with Crippen LogP contribution in [0, 0.1) is 6.92 Å². The summed E-state index contributed by atoms with van der Waals surface area (Å²) in [4.78, 5) is 1.50. The van der Waals surface area contributed by atoms with Crippen molar-refractivity contribution in [3.8, 4) is 0 Å². The Morgan fingerprint density at radius 1 is 1.15 bits per heavy atom. The van der Waals surface area contributed by atoms with Crippen LogP contribution in [0.2, 0.25) is 10.0 Å². The third-order valence-electron chi connectivity index (χ3n) is 5.45. The quantitative estimate of drug-likeness (QED) is 0.825. The predicted molar refractivity (Wildman–Crippen MR) is 105 cm³/mol. The number of likely N-dealkylation sites (N-methyl/N-ethyl adjacent to an activating group) is 1. The molecule has 1 unspecified atom stereocenters. The summed E-state index contributed by atoms with van der Waals surface area (Å²) >= 11 is 12.3. The summed E-state index contributed by atoms with van der Waals surface area (Å²) in [5.74, 6) is 0.200. The molecule has 4 rings (SSSR count). The number of rotatable bonds is 2. The second-order valence-corrected chi connectivity index (χ2v) is 9.94. The monoisotopic (exact) mass is 411 g/mol. The zero-order valence-corrected chi connectivity index (χ0v) is 17.0. The van der Waals surface area contributed by atoms with Crippen LogP contribution in [0.5, 0.6) is 0 Å². The SMILES string of the molecule is Cc1ccc2c(c1)[C@H]1C[NH+](C)CC[C@@H]1N2S(=O)(=O)c1cc(Cl)ccc1Cl. The zero-order chi connectivity index (χ0) is 18.6. The Kier molecular flexibility index (Phi) is 4.47. The van der Waals surface area contributed by atoms with Crippen LogP contribution in [-0.2, 0) is 10.0 Å². The largest absolute Gasteiger partial charge is 0.337 e. The number of benzene rings is 2. The van der Waals surface area contributed by atoms with E-state index < -0.39 is 10.0 Å². The van der Waals surface area contributed by atoms with Crippen LogP contribution in [0.4, 0.5) is 5.69 Å². The minimum Gasteiger partial charge on any atom is -0.337 e. The molecule has 0 aliphatic carbocycles. The summed E-state index contributed by atoms with van der Waals surface area (Å²) in [5.41, 5.74) is 3.04. The smallest absolute Gasteiger partial charge is 0.266 e. The van der Waals surface area contributed by atoms with Crippen LogP contribution in [0.3, 0.4) is 0 Å². The van der Waals surface area contributed by atoms with E-state index in [1.54, 1.807) is 16.4 Å². The van der Waals surface area contributed by atoms with Crippen LogP contribution in [0.1, 0.15) is 23.5 Å². The summed E-state index contributed by atoms with van der Waals surface area (Å²) in [6.45, 7) is 3.92. The van der Waals surface area contributed by atoms with Crippen molar-refractivity contribution in [2.75, 3.05) is 24.4 Å². The first-order chi connectivity index (χ1) is 12.3. The summed E-state index contributed by atoms with van der Waals surface area (Å²) in [6.07, 6.45) is 0.821. The molecule has 0 bridgehead atoms. The first kappa shape index (κ1) is 18.1. The number of anilines is 1. The molecule has 3 atom stereocenters. The lowest BCUT2D eigenvalue weighted by molar-refractivity contribution is -0.886. The number of hydrogen-bond acceptors (Lipinski definition) is 2. The first-order valence-electron chi connectivity index (χ1n) is 8.70. The molecule has 2 heterocycles. The Bertz CT molecular complexity index is 977. The van der Waals surface area contributed by atoms with Gasteiger partial charge >= 0.3 is 0 Å². The number of nitrogens with one attached hydrogen (secondary N) is 1. The lowest BCUT2D eigenvalue weighted by atomic mass is 9.89. The van der Waals surface area contributed by atoms with Gasteiger partial charge in [0.2, 0.25) is 0 Å². The van der Waals surface area contributed by atoms with Crippen molar-refractivity contribution in [3.05, 3.63) is 57.6 Å². The average molecular weight is 412 g/mol. The highest BCUT2D eigenvalue weighted by atomic mass is 35.5. The molecule has 4 nitrogen and oxygen atoms in total. The summed E-state index contributed by atoms with van der Waals surface area (Å²) < 4.78 is 28.7. The molecule has 1 saturated heterocycles. The molecule has 138 valence electrons. The number of hydrogen-bond donors (Lipinski definition) is 1. The van der Waals surface area contributed by atoms with Crippen molar-refractivity contribution in [2.24, 2.45) is 0 Å². The topological polar surface area (TPSA) is 41.8 Å². The van der Waals surface area contributed by atoms with Gasteiger partial charge < -0.3 is 4.90 Å².